The normalized spacial score (nSPS) is 26.8. The average molecular weight is 747 g/mol. The van der Waals surface area contributed by atoms with Crippen LogP contribution in [0.4, 0.5) is 5.69 Å². The molecular formula is C51H50N6. The predicted octanol–water partition coefficient (Wildman–Crippen LogP) is 11.2. The lowest BCUT2D eigenvalue weighted by molar-refractivity contribution is 0.481. The molecule has 6 unspecified atom stereocenters. The van der Waals surface area contributed by atoms with Gasteiger partial charge >= 0.3 is 0 Å². The summed E-state index contributed by atoms with van der Waals surface area (Å²) >= 11 is 0. The highest BCUT2D eigenvalue weighted by Crippen LogP contribution is 2.58. The van der Waals surface area contributed by atoms with Crippen molar-refractivity contribution in [1.82, 2.24) is 9.97 Å². The summed E-state index contributed by atoms with van der Waals surface area (Å²) in [4.78, 5) is 24.0. The Labute approximate surface area is 336 Å². The van der Waals surface area contributed by atoms with Gasteiger partial charge in [-0.05, 0) is 64.8 Å². The number of nitrogens with zero attached hydrogens (tertiary/aromatic N) is 5. The quantitative estimate of drug-likeness (QED) is 0.173. The highest BCUT2D eigenvalue weighted by Gasteiger charge is 2.46. The van der Waals surface area contributed by atoms with Gasteiger partial charge in [-0.3, -0.25) is 15.0 Å². The molecule has 6 atom stereocenters. The molecule has 6 nitrogen and oxygen atoms in total. The van der Waals surface area contributed by atoms with Crippen LogP contribution in [0.1, 0.15) is 81.0 Å². The molecule has 9 rings (SSSR count). The van der Waals surface area contributed by atoms with E-state index in [0.717, 1.165) is 47.2 Å². The smallest absolute Gasteiger partial charge is 0.141 e. The summed E-state index contributed by atoms with van der Waals surface area (Å²) in [6, 6.07) is 23.5. The minimum absolute atomic E-state index is 0.00152. The third-order valence-electron chi connectivity index (χ3n) is 12.8. The molecule has 284 valence electrons. The number of rotatable bonds is 9. The van der Waals surface area contributed by atoms with E-state index < -0.39 is 0 Å². The fraction of sp³-hybridized carbons (Fsp3) is 0.275. The first-order valence-electron chi connectivity index (χ1n) is 20.6. The molecule has 0 saturated heterocycles. The van der Waals surface area contributed by atoms with E-state index in [1.807, 2.05) is 55.2 Å². The van der Waals surface area contributed by atoms with Gasteiger partial charge < -0.3 is 5.32 Å². The molecule has 0 spiro atoms. The standard InChI is InChI=1S/C51H50N6/c1-5-50(4)27-26-35(17-22-41-24-20-39(33-53-41)49-55-31-37-13-9-11-15-46(37)57-49)29-44-47(50)42-25-18-34(28-43(42)51(44,6-2)7-3)16-21-40-23-19-38(32-52-40)48-54-30-36-12-8-10-14-45(36)56-48/h8-33,38-41,48,56H,5-7H2,1-4H3. The number of para-hydroxylation sites is 2. The molecule has 57 heavy (non-hydrogen) atoms. The Morgan fingerprint density at radius 2 is 1.58 bits per heavy atom. The van der Waals surface area contributed by atoms with Crippen molar-refractivity contribution in [3.63, 3.8) is 0 Å². The zero-order valence-electron chi connectivity index (χ0n) is 33.3. The molecule has 4 aromatic rings. The second-order valence-electron chi connectivity index (χ2n) is 16.0. The van der Waals surface area contributed by atoms with Gasteiger partial charge in [0.15, 0.2) is 0 Å². The summed E-state index contributed by atoms with van der Waals surface area (Å²) in [6.07, 6.45) is 35.9. The number of aliphatic imine (C=N–C) groups is 3. The molecular weight excluding hydrogens is 697 g/mol. The van der Waals surface area contributed by atoms with E-state index >= 15 is 0 Å². The molecule has 0 amide bonds. The first-order chi connectivity index (χ1) is 27.9. The first kappa shape index (κ1) is 36.6. The number of hydrogen-bond donors (Lipinski definition) is 1. The Hall–Kier alpha value is -6.01. The van der Waals surface area contributed by atoms with Crippen LogP contribution < -0.4 is 5.32 Å². The SMILES string of the molecule is CCC1(C)C=CC(C=CC2C=CC(c3ncc4ccccc4n3)C=N2)=CC2=C1c1ccc(C=CC3C=CC(C4N=Cc5ccccc5N4)C=N3)cc1C2(CC)CC. The Morgan fingerprint density at radius 3 is 2.37 bits per heavy atom. The summed E-state index contributed by atoms with van der Waals surface area (Å²) in [5.74, 6) is 0.861. The van der Waals surface area contributed by atoms with Crippen molar-refractivity contribution in [2.24, 2.45) is 26.3 Å². The van der Waals surface area contributed by atoms with Crippen LogP contribution in [0.2, 0.25) is 0 Å². The van der Waals surface area contributed by atoms with Gasteiger partial charge in [0.05, 0.1) is 29.4 Å². The Bertz CT molecular complexity index is 2490. The predicted molar refractivity (Wildman–Crippen MR) is 239 cm³/mol. The van der Waals surface area contributed by atoms with Crippen molar-refractivity contribution in [2.45, 2.75) is 76.5 Å². The maximum atomic E-state index is 4.92. The zero-order valence-corrected chi connectivity index (χ0v) is 33.3. The second kappa shape index (κ2) is 15.2. The van der Waals surface area contributed by atoms with Gasteiger partial charge in [-0.15, -0.1) is 0 Å². The van der Waals surface area contributed by atoms with Crippen LogP contribution in [0.15, 0.2) is 160 Å². The summed E-state index contributed by atoms with van der Waals surface area (Å²) in [5, 5.41) is 4.61. The Balaban J connectivity index is 0.936. The first-order valence-corrected chi connectivity index (χ1v) is 20.6. The molecule has 1 N–H and O–H groups in total. The van der Waals surface area contributed by atoms with Crippen molar-refractivity contribution in [2.75, 3.05) is 5.32 Å². The summed E-state index contributed by atoms with van der Waals surface area (Å²) in [6.45, 7) is 9.44. The Morgan fingerprint density at radius 1 is 0.789 bits per heavy atom. The third kappa shape index (κ3) is 6.81. The molecule has 1 aromatic heterocycles. The molecule has 0 fully saturated rings. The maximum absolute atomic E-state index is 4.92. The molecule has 4 heterocycles. The van der Waals surface area contributed by atoms with Crippen molar-refractivity contribution in [3.05, 3.63) is 173 Å². The van der Waals surface area contributed by atoms with E-state index in [0.29, 0.717) is 0 Å². The number of dihydropyridines is 2. The van der Waals surface area contributed by atoms with E-state index in [9.17, 15) is 0 Å². The second-order valence-corrected chi connectivity index (χ2v) is 16.0. The number of benzene rings is 3. The van der Waals surface area contributed by atoms with Crippen LogP contribution in [0, 0.1) is 11.3 Å². The lowest BCUT2D eigenvalue weighted by atomic mass is 9.71. The molecule has 5 aliphatic rings. The van der Waals surface area contributed by atoms with Crippen LogP contribution in [0.3, 0.4) is 0 Å². The fourth-order valence-corrected chi connectivity index (χ4v) is 9.12. The van der Waals surface area contributed by atoms with Crippen molar-refractivity contribution < 1.29 is 0 Å². The van der Waals surface area contributed by atoms with Gasteiger partial charge in [0.25, 0.3) is 0 Å². The third-order valence-corrected chi connectivity index (χ3v) is 12.8. The van der Waals surface area contributed by atoms with Gasteiger partial charge in [-0.2, -0.15) is 0 Å². The molecule has 3 aromatic carbocycles. The number of aromatic nitrogens is 2. The summed E-state index contributed by atoms with van der Waals surface area (Å²) < 4.78 is 0. The van der Waals surface area contributed by atoms with Gasteiger partial charge in [0.2, 0.25) is 0 Å². The monoisotopic (exact) mass is 746 g/mol. The highest BCUT2D eigenvalue weighted by atomic mass is 15.1. The molecule has 6 heteroatoms. The molecule has 0 bridgehead atoms. The lowest BCUT2D eigenvalue weighted by Crippen LogP contribution is -2.31. The number of hydrogen-bond acceptors (Lipinski definition) is 6. The highest BCUT2D eigenvalue weighted by molar-refractivity contribution is 5.91. The number of nitrogens with one attached hydrogen (secondary N) is 1. The molecule has 2 aliphatic carbocycles. The van der Waals surface area contributed by atoms with Crippen LogP contribution in [-0.2, 0) is 5.41 Å². The van der Waals surface area contributed by atoms with Gasteiger partial charge in [0, 0.05) is 52.3 Å². The average Bonchev–Trinajstić information content (AvgIpc) is 3.45. The van der Waals surface area contributed by atoms with E-state index in [-0.39, 0.29) is 40.9 Å². The lowest BCUT2D eigenvalue weighted by Gasteiger charge is -2.32. The van der Waals surface area contributed by atoms with Crippen LogP contribution >= 0.6 is 0 Å². The number of fused-ring (bicyclic) bond motifs is 4. The number of allylic oxidation sites excluding steroid dienone is 8. The minimum Gasteiger partial charge on any atom is -0.362 e. The van der Waals surface area contributed by atoms with Gasteiger partial charge in [-0.25, -0.2) is 9.97 Å². The minimum atomic E-state index is -0.0902. The topological polar surface area (TPSA) is 74.9 Å². The summed E-state index contributed by atoms with van der Waals surface area (Å²) in [5.41, 5.74) is 11.2. The van der Waals surface area contributed by atoms with E-state index in [4.69, 9.17) is 20.0 Å². The molecule has 0 radical (unpaired) electrons. The van der Waals surface area contributed by atoms with Crippen LogP contribution in [-0.4, -0.2) is 46.9 Å². The maximum Gasteiger partial charge on any atom is 0.141 e. The Kier molecular flexibility index (Phi) is 9.73. The zero-order chi connectivity index (χ0) is 39.0. The van der Waals surface area contributed by atoms with E-state index in [1.165, 1.54) is 33.4 Å². The van der Waals surface area contributed by atoms with Crippen molar-refractivity contribution >= 4 is 46.9 Å². The van der Waals surface area contributed by atoms with Crippen LogP contribution in [0.5, 0.6) is 0 Å². The largest absolute Gasteiger partial charge is 0.362 e. The molecule has 0 saturated carbocycles. The number of anilines is 1. The van der Waals surface area contributed by atoms with Gasteiger partial charge in [-0.1, -0.05) is 149 Å². The van der Waals surface area contributed by atoms with Gasteiger partial charge in [0.1, 0.15) is 12.0 Å². The van der Waals surface area contributed by atoms with E-state index in [2.05, 4.69) is 141 Å². The molecule has 3 aliphatic heterocycles. The van der Waals surface area contributed by atoms with Crippen molar-refractivity contribution in [1.29, 1.82) is 0 Å². The van der Waals surface area contributed by atoms with Crippen LogP contribution in [0.25, 0.3) is 22.6 Å². The van der Waals surface area contributed by atoms with Crippen molar-refractivity contribution in [3.8, 4) is 0 Å². The van der Waals surface area contributed by atoms with E-state index in [1.54, 1.807) is 0 Å². The summed E-state index contributed by atoms with van der Waals surface area (Å²) in [7, 11) is 0. The fourth-order valence-electron chi connectivity index (χ4n) is 9.12.